The predicted octanol–water partition coefficient (Wildman–Crippen LogP) is 1.47. The maximum Gasteiger partial charge on any atom is 0.0593 e. The van der Waals surface area contributed by atoms with Crippen molar-refractivity contribution in [1.29, 1.82) is 0 Å². The SMILES string of the molecule is CC(C)CCOCCN1CCCC1CN. The molecule has 15 heavy (non-hydrogen) atoms. The fraction of sp³-hybridized carbons (Fsp3) is 1.00. The monoisotopic (exact) mass is 214 g/mol. The summed E-state index contributed by atoms with van der Waals surface area (Å²) in [4.78, 5) is 2.47. The van der Waals surface area contributed by atoms with Crippen molar-refractivity contribution in [3.8, 4) is 0 Å². The second kappa shape index (κ2) is 7.20. The van der Waals surface area contributed by atoms with Crippen molar-refractivity contribution in [2.24, 2.45) is 11.7 Å². The summed E-state index contributed by atoms with van der Waals surface area (Å²) < 4.78 is 5.62. The van der Waals surface area contributed by atoms with Crippen molar-refractivity contribution < 1.29 is 4.74 Å². The normalized spacial score (nSPS) is 22.8. The third-order valence-electron chi connectivity index (χ3n) is 3.13. The zero-order chi connectivity index (χ0) is 11.1. The molecule has 1 atom stereocenters. The van der Waals surface area contributed by atoms with Crippen molar-refractivity contribution in [2.45, 2.75) is 39.2 Å². The summed E-state index contributed by atoms with van der Waals surface area (Å²) in [6, 6.07) is 0.610. The Morgan fingerprint density at radius 3 is 2.87 bits per heavy atom. The van der Waals surface area contributed by atoms with Gasteiger partial charge in [-0.25, -0.2) is 0 Å². The van der Waals surface area contributed by atoms with Gasteiger partial charge in [-0.2, -0.15) is 0 Å². The summed E-state index contributed by atoms with van der Waals surface area (Å²) in [5.41, 5.74) is 5.71. The highest BCUT2D eigenvalue weighted by Gasteiger charge is 2.22. The molecule has 1 saturated heterocycles. The minimum absolute atomic E-state index is 0.610. The van der Waals surface area contributed by atoms with Crippen LogP contribution in [0.3, 0.4) is 0 Å². The quantitative estimate of drug-likeness (QED) is 0.652. The van der Waals surface area contributed by atoms with Gasteiger partial charge in [0.05, 0.1) is 6.61 Å². The standard InChI is InChI=1S/C12H26N2O/c1-11(2)5-8-15-9-7-14-6-3-4-12(14)10-13/h11-12H,3-10,13H2,1-2H3. The Bertz CT molecular complexity index is 162. The van der Waals surface area contributed by atoms with Crippen LogP contribution in [0.25, 0.3) is 0 Å². The van der Waals surface area contributed by atoms with E-state index in [9.17, 15) is 0 Å². The maximum absolute atomic E-state index is 5.71. The minimum Gasteiger partial charge on any atom is -0.380 e. The van der Waals surface area contributed by atoms with Crippen LogP contribution in [-0.2, 0) is 4.74 Å². The summed E-state index contributed by atoms with van der Waals surface area (Å²) in [5.74, 6) is 0.744. The smallest absolute Gasteiger partial charge is 0.0593 e. The third-order valence-corrected chi connectivity index (χ3v) is 3.13. The van der Waals surface area contributed by atoms with Crippen molar-refractivity contribution >= 4 is 0 Å². The molecule has 0 bridgehead atoms. The maximum atomic E-state index is 5.71. The Labute approximate surface area is 94.0 Å². The summed E-state index contributed by atoms with van der Waals surface area (Å²) in [6.45, 7) is 9.28. The number of nitrogens with two attached hydrogens (primary N) is 1. The number of rotatable bonds is 7. The molecule has 1 heterocycles. The van der Waals surface area contributed by atoms with E-state index in [0.717, 1.165) is 32.2 Å². The van der Waals surface area contributed by atoms with E-state index in [1.807, 2.05) is 0 Å². The molecule has 1 rings (SSSR count). The fourth-order valence-electron chi connectivity index (χ4n) is 2.06. The van der Waals surface area contributed by atoms with Crippen LogP contribution in [0.5, 0.6) is 0 Å². The van der Waals surface area contributed by atoms with E-state index in [2.05, 4.69) is 18.7 Å². The molecule has 0 radical (unpaired) electrons. The minimum atomic E-state index is 0.610. The first-order chi connectivity index (χ1) is 7.24. The topological polar surface area (TPSA) is 38.5 Å². The van der Waals surface area contributed by atoms with Gasteiger partial charge in [0, 0.05) is 25.7 Å². The molecule has 0 saturated carbocycles. The molecular formula is C12H26N2O. The number of hydrogen-bond donors (Lipinski definition) is 1. The van der Waals surface area contributed by atoms with Crippen LogP contribution in [0.2, 0.25) is 0 Å². The van der Waals surface area contributed by atoms with Crippen LogP contribution in [0.1, 0.15) is 33.1 Å². The molecule has 1 fully saturated rings. The molecule has 0 aliphatic carbocycles. The number of hydrogen-bond acceptors (Lipinski definition) is 3. The molecule has 90 valence electrons. The molecule has 1 unspecified atom stereocenters. The van der Waals surface area contributed by atoms with E-state index in [1.54, 1.807) is 0 Å². The molecule has 1 aliphatic heterocycles. The lowest BCUT2D eigenvalue weighted by molar-refractivity contribution is 0.0932. The first kappa shape index (κ1) is 12.9. The van der Waals surface area contributed by atoms with Gasteiger partial charge in [0.1, 0.15) is 0 Å². The zero-order valence-corrected chi connectivity index (χ0v) is 10.2. The van der Waals surface area contributed by atoms with Crippen LogP contribution in [0.15, 0.2) is 0 Å². The summed E-state index contributed by atoms with van der Waals surface area (Å²) in [7, 11) is 0. The third kappa shape index (κ3) is 4.96. The summed E-state index contributed by atoms with van der Waals surface area (Å²) >= 11 is 0. The lowest BCUT2D eigenvalue weighted by Crippen LogP contribution is -2.37. The van der Waals surface area contributed by atoms with Crippen molar-refractivity contribution in [2.75, 3.05) is 32.8 Å². The molecule has 0 aromatic heterocycles. The van der Waals surface area contributed by atoms with Crippen LogP contribution < -0.4 is 5.73 Å². The van der Waals surface area contributed by atoms with E-state index in [1.165, 1.54) is 25.8 Å². The van der Waals surface area contributed by atoms with Gasteiger partial charge in [-0.3, -0.25) is 4.90 Å². The molecule has 0 amide bonds. The van der Waals surface area contributed by atoms with Crippen molar-refractivity contribution in [3.05, 3.63) is 0 Å². The first-order valence-electron chi connectivity index (χ1n) is 6.26. The first-order valence-corrected chi connectivity index (χ1v) is 6.26. The van der Waals surface area contributed by atoms with E-state index < -0.39 is 0 Å². The van der Waals surface area contributed by atoms with Gasteiger partial charge in [-0.1, -0.05) is 13.8 Å². The van der Waals surface area contributed by atoms with Crippen molar-refractivity contribution in [1.82, 2.24) is 4.90 Å². The molecule has 2 N–H and O–H groups in total. The van der Waals surface area contributed by atoms with Crippen LogP contribution >= 0.6 is 0 Å². The van der Waals surface area contributed by atoms with Gasteiger partial charge in [0.25, 0.3) is 0 Å². The average molecular weight is 214 g/mol. The Morgan fingerprint density at radius 1 is 1.40 bits per heavy atom. The fourth-order valence-corrected chi connectivity index (χ4v) is 2.06. The molecule has 3 nitrogen and oxygen atoms in total. The van der Waals surface area contributed by atoms with Crippen molar-refractivity contribution in [3.63, 3.8) is 0 Å². The Morgan fingerprint density at radius 2 is 2.20 bits per heavy atom. The highest BCUT2D eigenvalue weighted by Crippen LogP contribution is 2.15. The predicted molar refractivity (Wildman–Crippen MR) is 63.9 cm³/mol. The molecule has 0 aromatic rings. The Balaban J connectivity index is 1.99. The largest absolute Gasteiger partial charge is 0.380 e. The molecule has 0 spiro atoms. The van der Waals surface area contributed by atoms with Gasteiger partial charge < -0.3 is 10.5 Å². The lowest BCUT2D eigenvalue weighted by atomic mass is 10.1. The average Bonchev–Trinajstić information content (AvgIpc) is 2.64. The highest BCUT2D eigenvalue weighted by molar-refractivity contribution is 4.79. The van der Waals surface area contributed by atoms with Gasteiger partial charge in [0.15, 0.2) is 0 Å². The molecule has 3 heteroatoms. The van der Waals surface area contributed by atoms with Crippen LogP contribution in [-0.4, -0.2) is 43.8 Å². The molecule has 0 aromatic carbocycles. The van der Waals surface area contributed by atoms with Gasteiger partial charge in [0.2, 0.25) is 0 Å². The van der Waals surface area contributed by atoms with Gasteiger partial charge >= 0.3 is 0 Å². The number of nitrogens with zero attached hydrogens (tertiary/aromatic N) is 1. The van der Waals surface area contributed by atoms with Gasteiger partial charge in [-0.15, -0.1) is 0 Å². The van der Waals surface area contributed by atoms with Crippen LogP contribution in [0, 0.1) is 5.92 Å². The van der Waals surface area contributed by atoms with E-state index in [-0.39, 0.29) is 0 Å². The summed E-state index contributed by atoms with van der Waals surface area (Å²) in [5, 5.41) is 0. The highest BCUT2D eigenvalue weighted by atomic mass is 16.5. The lowest BCUT2D eigenvalue weighted by Gasteiger charge is -2.22. The van der Waals surface area contributed by atoms with Crippen LogP contribution in [0.4, 0.5) is 0 Å². The van der Waals surface area contributed by atoms with E-state index >= 15 is 0 Å². The summed E-state index contributed by atoms with van der Waals surface area (Å²) in [6.07, 6.45) is 3.73. The Hall–Kier alpha value is -0.120. The van der Waals surface area contributed by atoms with E-state index in [4.69, 9.17) is 10.5 Å². The number of likely N-dealkylation sites (tertiary alicyclic amines) is 1. The second-order valence-corrected chi connectivity index (χ2v) is 4.86. The molecular weight excluding hydrogens is 188 g/mol. The van der Waals surface area contributed by atoms with Gasteiger partial charge in [-0.05, 0) is 31.7 Å². The molecule has 1 aliphatic rings. The zero-order valence-electron chi connectivity index (χ0n) is 10.2. The second-order valence-electron chi connectivity index (χ2n) is 4.86. The number of ether oxygens (including phenoxy) is 1. The Kier molecular flexibility index (Phi) is 6.22. The van der Waals surface area contributed by atoms with E-state index in [0.29, 0.717) is 6.04 Å².